The smallest absolute Gasteiger partial charge is 0.303 e. The Morgan fingerprint density at radius 3 is 2.71 bits per heavy atom. The molecule has 0 radical (unpaired) electrons. The standard InChI is InChI=1S/C12H21NO4/c1-9(7-12(15)16)6-11(14)13-4-5-17-8-10-2-3-10/h9-10H,2-8H2,1H3,(H,13,14)(H,15,16). The molecular formula is C12H21NO4. The first-order valence-electron chi connectivity index (χ1n) is 6.14. The van der Waals surface area contributed by atoms with Crippen LogP contribution in [0.5, 0.6) is 0 Å². The van der Waals surface area contributed by atoms with Gasteiger partial charge in [-0.3, -0.25) is 9.59 Å². The van der Waals surface area contributed by atoms with Crippen LogP contribution in [0, 0.1) is 11.8 Å². The van der Waals surface area contributed by atoms with Gasteiger partial charge in [0.05, 0.1) is 6.61 Å². The largest absolute Gasteiger partial charge is 0.481 e. The summed E-state index contributed by atoms with van der Waals surface area (Å²) < 4.78 is 5.37. The zero-order chi connectivity index (χ0) is 12.7. The minimum atomic E-state index is -0.863. The number of aliphatic carboxylic acids is 1. The highest BCUT2D eigenvalue weighted by atomic mass is 16.5. The molecule has 5 heteroatoms. The molecule has 1 rings (SSSR count). The number of carbonyl (C=O) groups is 2. The molecule has 1 saturated carbocycles. The lowest BCUT2D eigenvalue weighted by Gasteiger charge is -2.09. The van der Waals surface area contributed by atoms with E-state index in [-0.39, 0.29) is 24.7 Å². The van der Waals surface area contributed by atoms with Crippen molar-refractivity contribution >= 4 is 11.9 Å². The zero-order valence-electron chi connectivity index (χ0n) is 10.3. The van der Waals surface area contributed by atoms with Crippen molar-refractivity contribution in [2.24, 2.45) is 11.8 Å². The summed E-state index contributed by atoms with van der Waals surface area (Å²) in [6.45, 7) is 3.60. The third-order valence-corrected chi connectivity index (χ3v) is 2.68. The number of amides is 1. The fourth-order valence-electron chi connectivity index (χ4n) is 1.56. The van der Waals surface area contributed by atoms with Gasteiger partial charge in [-0.2, -0.15) is 0 Å². The van der Waals surface area contributed by atoms with E-state index in [1.807, 2.05) is 0 Å². The van der Waals surface area contributed by atoms with E-state index in [0.717, 1.165) is 12.5 Å². The molecule has 0 bridgehead atoms. The normalized spacial score (nSPS) is 16.5. The SMILES string of the molecule is CC(CC(=O)O)CC(=O)NCCOCC1CC1. The van der Waals surface area contributed by atoms with E-state index in [1.54, 1.807) is 6.92 Å². The lowest BCUT2D eigenvalue weighted by molar-refractivity contribution is -0.138. The van der Waals surface area contributed by atoms with Crippen LogP contribution in [0.15, 0.2) is 0 Å². The van der Waals surface area contributed by atoms with Crippen LogP contribution in [-0.2, 0) is 14.3 Å². The predicted octanol–water partition coefficient (Wildman–Crippen LogP) is 1.03. The minimum absolute atomic E-state index is 0.0333. The van der Waals surface area contributed by atoms with Gasteiger partial charge in [0.2, 0.25) is 5.91 Å². The van der Waals surface area contributed by atoms with Crippen LogP contribution < -0.4 is 5.32 Å². The highest BCUT2D eigenvalue weighted by Crippen LogP contribution is 2.28. The highest BCUT2D eigenvalue weighted by molar-refractivity contribution is 5.77. The molecule has 0 aromatic rings. The van der Waals surface area contributed by atoms with E-state index < -0.39 is 5.97 Å². The average molecular weight is 243 g/mol. The monoisotopic (exact) mass is 243 g/mol. The van der Waals surface area contributed by atoms with Crippen LogP contribution in [0.1, 0.15) is 32.6 Å². The second-order valence-corrected chi connectivity index (χ2v) is 4.78. The molecule has 1 fully saturated rings. The Morgan fingerprint density at radius 1 is 1.41 bits per heavy atom. The summed E-state index contributed by atoms with van der Waals surface area (Å²) in [6.07, 6.45) is 2.82. The number of rotatable bonds is 9. The molecule has 1 aliphatic carbocycles. The Morgan fingerprint density at radius 2 is 2.12 bits per heavy atom. The van der Waals surface area contributed by atoms with Gasteiger partial charge in [-0.05, 0) is 24.7 Å². The first kappa shape index (κ1) is 14.0. The van der Waals surface area contributed by atoms with Gasteiger partial charge in [0.1, 0.15) is 0 Å². The predicted molar refractivity (Wildman–Crippen MR) is 62.6 cm³/mol. The van der Waals surface area contributed by atoms with Crippen molar-refractivity contribution in [2.75, 3.05) is 19.8 Å². The Kier molecular flexibility index (Phi) is 5.97. The topological polar surface area (TPSA) is 75.6 Å². The summed E-state index contributed by atoms with van der Waals surface area (Å²) in [5.41, 5.74) is 0. The van der Waals surface area contributed by atoms with Gasteiger partial charge >= 0.3 is 5.97 Å². The van der Waals surface area contributed by atoms with Gasteiger partial charge < -0.3 is 15.2 Å². The molecule has 0 aliphatic heterocycles. The van der Waals surface area contributed by atoms with E-state index in [1.165, 1.54) is 12.8 Å². The van der Waals surface area contributed by atoms with Gasteiger partial charge in [0, 0.05) is 26.0 Å². The molecule has 17 heavy (non-hydrogen) atoms. The van der Waals surface area contributed by atoms with Crippen LogP contribution >= 0.6 is 0 Å². The number of carboxylic acids is 1. The molecule has 1 atom stereocenters. The fourth-order valence-corrected chi connectivity index (χ4v) is 1.56. The third-order valence-electron chi connectivity index (χ3n) is 2.68. The van der Waals surface area contributed by atoms with Crippen LogP contribution in [0.25, 0.3) is 0 Å². The molecule has 1 aliphatic rings. The summed E-state index contributed by atoms with van der Waals surface area (Å²) in [7, 11) is 0. The lowest BCUT2D eigenvalue weighted by atomic mass is 10.0. The van der Waals surface area contributed by atoms with Crippen LogP contribution in [0.4, 0.5) is 0 Å². The Balaban J connectivity index is 1.93. The lowest BCUT2D eigenvalue weighted by Crippen LogP contribution is -2.29. The van der Waals surface area contributed by atoms with Gasteiger partial charge in [-0.25, -0.2) is 0 Å². The third kappa shape index (κ3) is 7.74. The molecule has 1 unspecified atom stereocenters. The maximum atomic E-state index is 11.4. The maximum Gasteiger partial charge on any atom is 0.303 e. The molecule has 5 nitrogen and oxygen atoms in total. The summed E-state index contributed by atoms with van der Waals surface area (Å²) in [5.74, 6) is -0.354. The van der Waals surface area contributed by atoms with Crippen LogP contribution in [-0.4, -0.2) is 36.7 Å². The summed E-state index contributed by atoms with van der Waals surface area (Å²) in [6, 6.07) is 0. The second kappa shape index (κ2) is 7.27. The van der Waals surface area contributed by atoms with Gasteiger partial charge in [0.25, 0.3) is 0 Å². The van der Waals surface area contributed by atoms with Crippen molar-refractivity contribution in [1.82, 2.24) is 5.32 Å². The van der Waals surface area contributed by atoms with Gasteiger partial charge in [-0.1, -0.05) is 6.92 Å². The molecule has 0 heterocycles. The zero-order valence-corrected chi connectivity index (χ0v) is 10.3. The number of nitrogens with one attached hydrogen (secondary N) is 1. The van der Waals surface area contributed by atoms with E-state index >= 15 is 0 Å². The minimum Gasteiger partial charge on any atom is -0.481 e. The van der Waals surface area contributed by atoms with Crippen LogP contribution in [0.3, 0.4) is 0 Å². The van der Waals surface area contributed by atoms with Crippen molar-refractivity contribution in [3.63, 3.8) is 0 Å². The highest BCUT2D eigenvalue weighted by Gasteiger charge is 2.20. The van der Waals surface area contributed by atoms with E-state index in [0.29, 0.717) is 13.2 Å². The average Bonchev–Trinajstić information content (AvgIpc) is 2.99. The van der Waals surface area contributed by atoms with Crippen molar-refractivity contribution in [3.8, 4) is 0 Å². The Hall–Kier alpha value is -1.10. The quantitative estimate of drug-likeness (QED) is 0.593. The van der Waals surface area contributed by atoms with Crippen molar-refractivity contribution in [2.45, 2.75) is 32.6 Å². The van der Waals surface area contributed by atoms with E-state index in [2.05, 4.69) is 5.32 Å². The van der Waals surface area contributed by atoms with E-state index in [9.17, 15) is 9.59 Å². The number of ether oxygens (including phenoxy) is 1. The van der Waals surface area contributed by atoms with Gasteiger partial charge in [0.15, 0.2) is 0 Å². The number of carboxylic acid groups (broad SMARTS) is 1. The molecule has 2 N–H and O–H groups in total. The number of carbonyl (C=O) groups excluding carboxylic acids is 1. The van der Waals surface area contributed by atoms with E-state index in [4.69, 9.17) is 9.84 Å². The second-order valence-electron chi connectivity index (χ2n) is 4.78. The molecule has 0 saturated heterocycles. The maximum absolute atomic E-state index is 11.4. The molecule has 98 valence electrons. The summed E-state index contributed by atoms with van der Waals surface area (Å²) in [4.78, 5) is 21.8. The molecule has 0 aromatic carbocycles. The van der Waals surface area contributed by atoms with Crippen LogP contribution in [0.2, 0.25) is 0 Å². The van der Waals surface area contributed by atoms with Crippen molar-refractivity contribution < 1.29 is 19.4 Å². The van der Waals surface area contributed by atoms with Gasteiger partial charge in [-0.15, -0.1) is 0 Å². The van der Waals surface area contributed by atoms with Crippen molar-refractivity contribution in [1.29, 1.82) is 0 Å². The van der Waals surface area contributed by atoms with Crippen molar-refractivity contribution in [3.05, 3.63) is 0 Å². The fraction of sp³-hybridized carbons (Fsp3) is 0.833. The molecule has 1 amide bonds. The first-order chi connectivity index (χ1) is 8.08. The first-order valence-corrected chi connectivity index (χ1v) is 6.14. The Labute approximate surface area is 102 Å². The number of hydrogen-bond acceptors (Lipinski definition) is 3. The molecule has 0 aromatic heterocycles. The summed E-state index contributed by atoms with van der Waals surface area (Å²) >= 11 is 0. The summed E-state index contributed by atoms with van der Waals surface area (Å²) in [5, 5.41) is 11.3. The Bertz CT molecular complexity index is 263. The molecule has 0 spiro atoms. The molecular weight excluding hydrogens is 222 g/mol. The number of hydrogen-bond donors (Lipinski definition) is 2.